The molecule has 6 heteroatoms. The first-order valence-corrected chi connectivity index (χ1v) is 8.70. The largest absolute Gasteiger partial charge is 0.360 e. The minimum absolute atomic E-state index is 0.179. The normalized spacial score (nSPS) is 16.2. The molecule has 1 aliphatic rings. The van der Waals surface area contributed by atoms with Crippen LogP contribution in [0.15, 0.2) is 66.7 Å². The molecule has 26 heavy (non-hydrogen) atoms. The minimum atomic E-state index is -0.502. The lowest BCUT2D eigenvalue weighted by Gasteiger charge is -2.38. The number of anilines is 2. The summed E-state index contributed by atoms with van der Waals surface area (Å²) in [7, 11) is 0. The standard InChI is InChI=1S/C20H13Cl2FN2O/c21-16-10-5-12(11-17(16)22)19-24-18-4-2-1-3-15(18)20(26)25(19)14-8-6-13(23)7-9-14/h1-11,19,24H. The van der Waals surface area contributed by atoms with Gasteiger partial charge in [-0.1, -0.05) is 41.4 Å². The second kappa shape index (κ2) is 6.63. The number of benzene rings is 3. The lowest BCUT2D eigenvalue weighted by Crippen LogP contribution is -2.43. The van der Waals surface area contributed by atoms with Gasteiger partial charge in [0.05, 0.1) is 15.6 Å². The van der Waals surface area contributed by atoms with Gasteiger partial charge in [0.2, 0.25) is 0 Å². The maximum absolute atomic E-state index is 13.4. The molecule has 3 nitrogen and oxygen atoms in total. The van der Waals surface area contributed by atoms with Gasteiger partial charge >= 0.3 is 0 Å². The van der Waals surface area contributed by atoms with Gasteiger partial charge in [0, 0.05) is 11.4 Å². The van der Waals surface area contributed by atoms with Crippen LogP contribution in [0.3, 0.4) is 0 Å². The van der Waals surface area contributed by atoms with Crippen LogP contribution < -0.4 is 10.2 Å². The fraction of sp³-hybridized carbons (Fsp3) is 0.0500. The third-order valence-electron chi connectivity index (χ3n) is 4.29. The van der Waals surface area contributed by atoms with Crippen molar-refractivity contribution in [2.75, 3.05) is 10.2 Å². The van der Waals surface area contributed by atoms with E-state index in [1.165, 1.54) is 12.1 Å². The third-order valence-corrected chi connectivity index (χ3v) is 5.03. The molecule has 0 spiro atoms. The number of amides is 1. The van der Waals surface area contributed by atoms with E-state index in [1.54, 1.807) is 41.3 Å². The number of carbonyl (C=O) groups is 1. The summed E-state index contributed by atoms with van der Waals surface area (Å²) in [6.07, 6.45) is -0.502. The maximum atomic E-state index is 13.4. The number of halogens is 3. The highest BCUT2D eigenvalue weighted by molar-refractivity contribution is 6.42. The summed E-state index contributed by atoms with van der Waals surface area (Å²) in [4.78, 5) is 14.8. The Labute approximate surface area is 160 Å². The molecule has 0 aliphatic carbocycles. The fourth-order valence-corrected chi connectivity index (χ4v) is 3.34. The molecule has 3 aromatic rings. The molecule has 4 rings (SSSR count). The van der Waals surface area contributed by atoms with E-state index < -0.39 is 6.17 Å². The van der Waals surface area contributed by atoms with Crippen molar-refractivity contribution in [2.45, 2.75) is 6.17 Å². The summed E-state index contributed by atoms with van der Waals surface area (Å²) in [6, 6.07) is 18.3. The molecule has 1 amide bonds. The Morgan fingerprint density at radius 3 is 2.38 bits per heavy atom. The van der Waals surface area contributed by atoms with Crippen molar-refractivity contribution >= 4 is 40.5 Å². The molecule has 0 fully saturated rings. The van der Waals surface area contributed by atoms with Gasteiger partial charge in [-0.25, -0.2) is 4.39 Å². The van der Waals surface area contributed by atoms with Crippen LogP contribution >= 0.6 is 23.2 Å². The number of hydrogen-bond acceptors (Lipinski definition) is 2. The molecule has 130 valence electrons. The van der Waals surface area contributed by atoms with E-state index in [1.807, 2.05) is 18.2 Å². The smallest absolute Gasteiger partial charge is 0.262 e. The van der Waals surface area contributed by atoms with Gasteiger partial charge in [-0.15, -0.1) is 0 Å². The van der Waals surface area contributed by atoms with Crippen molar-refractivity contribution < 1.29 is 9.18 Å². The highest BCUT2D eigenvalue weighted by Gasteiger charge is 2.34. The first-order chi connectivity index (χ1) is 12.5. The molecular formula is C20H13Cl2FN2O. The van der Waals surface area contributed by atoms with Crippen molar-refractivity contribution in [1.29, 1.82) is 0 Å². The number of hydrogen-bond donors (Lipinski definition) is 1. The number of nitrogens with one attached hydrogen (secondary N) is 1. The van der Waals surface area contributed by atoms with Gasteiger partial charge in [-0.2, -0.15) is 0 Å². The zero-order valence-corrected chi connectivity index (χ0v) is 14.9. The molecular weight excluding hydrogens is 374 g/mol. The van der Waals surface area contributed by atoms with Crippen molar-refractivity contribution in [3.05, 3.63) is 93.7 Å². The van der Waals surface area contributed by atoms with Crippen molar-refractivity contribution in [2.24, 2.45) is 0 Å². The Morgan fingerprint density at radius 2 is 1.65 bits per heavy atom. The quantitative estimate of drug-likeness (QED) is 0.594. The topological polar surface area (TPSA) is 32.3 Å². The summed E-state index contributed by atoms with van der Waals surface area (Å²) < 4.78 is 13.4. The van der Waals surface area contributed by atoms with Gasteiger partial charge in [-0.3, -0.25) is 9.69 Å². The molecule has 0 radical (unpaired) electrons. The average Bonchev–Trinajstić information content (AvgIpc) is 2.65. The van der Waals surface area contributed by atoms with Crippen LogP contribution in [0.5, 0.6) is 0 Å². The Kier molecular flexibility index (Phi) is 4.31. The minimum Gasteiger partial charge on any atom is -0.360 e. The number of carbonyl (C=O) groups excluding carboxylic acids is 1. The second-order valence-electron chi connectivity index (χ2n) is 5.92. The second-order valence-corrected chi connectivity index (χ2v) is 6.73. The Hall–Kier alpha value is -2.56. The predicted molar refractivity (Wildman–Crippen MR) is 102 cm³/mol. The van der Waals surface area contributed by atoms with Gasteiger partial charge in [-0.05, 0) is 54.1 Å². The lowest BCUT2D eigenvalue weighted by atomic mass is 10.0. The SMILES string of the molecule is O=C1c2ccccc2NC(c2ccc(Cl)c(Cl)c2)N1c1ccc(F)cc1. The molecule has 1 aliphatic heterocycles. The van der Waals surface area contributed by atoms with Gasteiger partial charge in [0.1, 0.15) is 12.0 Å². The Balaban J connectivity index is 1.86. The van der Waals surface area contributed by atoms with Crippen LogP contribution in [0.1, 0.15) is 22.1 Å². The van der Waals surface area contributed by atoms with Gasteiger partial charge < -0.3 is 5.32 Å². The van der Waals surface area contributed by atoms with E-state index in [4.69, 9.17) is 23.2 Å². The molecule has 0 bridgehead atoms. The van der Waals surface area contributed by atoms with Crippen LogP contribution in [0.2, 0.25) is 10.0 Å². The van der Waals surface area contributed by atoms with Gasteiger partial charge in [0.15, 0.2) is 0 Å². The van der Waals surface area contributed by atoms with Crippen molar-refractivity contribution in [3.8, 4) is 0 Å². The molecule has 3 aromatic carbocycles. The molecule has 1 heterocycles. The summed E-state index contributed by atoms with van der Waals surface area (Å²) in [5, 5.41) is 4.20. The molecule has 0 aromatic heterocycles. The maximum Gasteiger partial charge on any atom is 0.262 e. The first-order valence-electron chi connectivity index (χ1n) is 7.94. The van der Waals surface area contributed by atoms with Crippen LogP contribution in [0.4, 0.5) is 15.8 Å². The number of fused-ring (bicyclic) bond motifs is 1. The molecule has 1 atom stereocenters. The van der Waals surface area contributed by atoms with Crippen LogP contribution in [-0.2, 0) is 0 Å². The van der Waals surface area contributed by atoms with Crippen LogP contribution in [-0.4, -0.2) is 5.91 Å². The molecule has 1 unspecified atom stereocenters. The highest BCUT2D eigenvalue weighted by Crippen LogP contribution is 2.38. The van der Waals surface area contributed by atoms with E-state index in [9.17, 15) is 9.18 Å². The number of rotatable bonds is 2. The third kappa shape index (κ3) is 2.91. The zero-order valence-electron chi connectivity index (χ0n) is 13.4. The molecule has 0 saturated carbocycles. The van der Waals surface area contributed by atoms with Crippen molar-refractivity contribution in [1.82, 2.24) is 0 Å². The summed E-state index contributed by atoms with van der Waals surface area (Å²) >= 11 is 12.2. The van der Waals surface area contributed by atoms with Crippen molar-refractivity contribution in [3.63, 3.8) is 0 Å². The molecule has 1 N–H and O–H groups in total. The van der Waals surface area contributed by atoms with E-state index >= 15 is 0 Å². The van der Waals surface area contributed by atoms with E-state index in [2.05, 4.69) is 5.32 Å². The summed E-state index contributed by atoms with van der Waals surface area (Å²) in [5.74, 6) is -0.542. The first kappa shape index (κ1) is 16.9. The van der Waals surface area contributed by atoms with E-state index in [-0.39, 0.29) is 11.7 Å². The van der Waals surface area contributed by atoms with E-state index in [0.29, 0.717) is 21.3 Å². The fourth-order valence-electron chi connectivity index (χ4n) is 3.04. The molecule has 0 saturated heterocycles. The number of nitrogens with zero attached hydrogens (tertiary/aromatic N) is 1. The zero-order chi connectivity index (χ0) is 18.3. The Bertz CT molecular complexity index is 991. The summed E-state index contributed by atoms with van der Waals surface area (Å²) in [6.45, 7) is 0. The lowest BCUT2D eigenvalue weighted by molar-refractivity contribution is 0.0975. The van der Waals surface area contributed by atoms with E-state index in [0.717, 1.165) is 11.3 Å². The summed E-state index contributed by atoms with van der Waals surface area (Å²) in [5.41, 5.74) is 2.63. The Morgan fingerprint density at radius 1 is 0.923 bits per heavy atom. The predicted octanol–water partition coefficient (Wildman–Crippen LogP) is 5.90. The van der Waals surface area contributed by atoms with Crippen LogP contribution in [0.25, 0.3) is 0 Å². The van der Waals surface area contributed by atoms with Gasteiger partial charge in [0.25, 0.3) is 5.91 Å². The highest BCUT2D eigenvalue weighted by atomic mass is 35.5. The monoisotopic (exact) mass is 386 g/mol. The average molecular weight is 387 g/mol. The number of para-hydroxylation sites is 1. The van der Waals surface area contributed by atoms with Crippen LogP contribution in [0, 0.1) is 5.82 Å².